The molecule has 0 fully saturated rings. The molecule has 0 radical (unpaired) electrons. The highest BCUT2D eigenvalue weighted by atomic mass is 16.5. The third kappa shape index (κ3) is 4.34. The average molecular weight is 468 g/mol. The van der Waals surface area contributed by atoms with Crippen LogP contribution in [-0.2, 0) is 6.54 Å². The lowest BCUT2D eigenvalue weighted by atomic mass is 9.97. The van der Waals surface area contributed by atoms with Gasteiger partial charge in [0.05, 0.1) is 23.6 Å². The highest BCUT2D eigenvalue weighted by Gasteiger charge is 2.42. The molecule has 4 aromatic rings. The molecule has 0 bridgehead atoms. The van der Waals surface area contributed by atoms with E-state index >= 15 is 0 Å². The molecule has 178 valence electrons. The van der Waals surface area contributed by atoms with Crippen LogP contribution in [-0.4, -0.2) is 17.4 Å². The van der Waals surface area contributed by atoms with E-state index < -0.39 is 6.04 Å². The molecule has 0 spiro atoms. The Morgan fingerprint density at radius 2 is 1.71 bits per heavy atom. The molecule has 5 heteroatoms. The Hall–Kier alpha value is -3.86. The Morgan fingerprint density at radius 1 is 0.943 bits per heavy atom. The number of benzene rings is 3. The lowest BCUT2D eigenvalue weighted by Gasteiger charge is -2.25. The van der Waals surface area contributed by atoms with Gasteiger partial charge in [-0.05, 0) is 55.7 Å². The zero-order valence-corrected chi connectivity index (χ0v) is 20.3. The van der Waals surface area contributed by atoms with E-state index in [1.54, 1.807) is 11.0 Å². The van der Waals surface area contributed by atoms with E-state index in [0.717, 1.165) is 40.8 Å². The summed E-state index contributed by atoms with van der Waals surface area (Å²) in [4.78, 5) is 29.2. The lowest BCUT2D eigenvalue weighted by molar-refractivity contribution is 0.0714. The molecule has 1 unspecified atom stereocenters. The van der Waals surface area contributed by atoms with Crippen molar-refractivity contribution in [3.05, 3.63) is 111 Å². The van der Waals surface area contributed by atoms with Crippen LogP contribution in [0.25, 0.3) is 11.0 Å². The Bertz CT molecular complexity index is 1450. The van der Waals surface area contributed by atoms with Crippen molar-refractivity contribution in [2.45, 2.75) is 46.2 Å². The van der Waals surface area contributed by atoms with Crippen molar-refractivity contribution in [2.24, 2.45) is 0 Å². The second kappa shape index (κ2) is 9.41. The first-order valence-corrected chi connectivity index (χ1v) is 12.1. The number of hydrogen-bond donors (Lipinski definition) is 0. The number of unbranched alkanes of at least 4 members (excludes halogenated alkanes) is 1. The Morgan fingerprint density at radius 3 is 2.49 bits per heavy atom. The SMILES string of the molecule is CCCCOc1cccc(C2c3c(oc4ccc(C)cc4c3=O)C(=O)N2Cc2ccc(C)cc2)c1. The monoisotopic (exact) mass is 467 g/mol. The van der Waals surface area contributed by atoms with Crippen molar-refractivity contribution in [2.75, 3.05) is 6.61 Å². The van der Waals surface area contributed by atoms with E-state index in [9.17, 15) is 9.59 Å². The second-order valence-corrected chi connectivity index (χ2v) is 9.27. The summed E-state index contributed by atoms with van der Waals surface area (Å²) in [6.07, 6.45) is 2.01. The van der Waals surface area contributed by atoms with Gasteiger partial charge in [0.1, 0.15) is 11.3 Å². The first-order valence-electron chi connectivity index (χ1n) is 12.1. The van der Waals surface area contributed by atoms with E-state index in [1.165, 1.54) is 0 Å². The third-order valence-corrected chi connectivity index (χ3v) is 6.54. The highest BCUT2D eigenvalue weighted by Crippen LogP contribution is 2.40. The first kappa shape index (κ1) is 22.9. The summed E-state index contributed by atoms with van der Waals surface area (Å²) in [5.41, 5.74) is 4.60. The zero-order chi connectivity index (χ0) is 24.5. The van der Waals surface area contributed by atoms with Crippen molar-refractivity contribution in [3.8, 4) is 5.75 Å². The summed E-state index contributed by atoms with van der Waals surface area (Å²) in [5.74, 6) is 0.580. The van der Waals surface area contributed by atoms with Gasteiger partial charge in [-0.3, -0.25) is 9.59 Å². The fraction of sp³-hybridized carbons (Fsp3) is 0.267. The number of carbonyl (C=O) groups is 1. The molecule has 1 aromatic heterocycles. The molecule has 0 aliphatic carbocycles. The molecular formula is C30H29NO4. The minimum absolute atomic E-state index is 0.126. The maximum Gasteiger partial charge on any atom is 0.291 e. The van der Waals surface area contributed by atoms with Crippen molar-refractivity contribution >= 4 is 16.9 Å². The van der Waals surface area contributed by atoms with Gasteiger partial charge in [-0.1, -0.05) is 66.9 Å². The van der Waals surface area contributed by atoms with Crippen molar-refractivity contribution < 1.29 is 13.9 Å². The largest absolute Gasteiger partial charge is 0.494 e. The van der Waals surface area contributed by atoms with E-state index in [1.807, 2.05) is 74.5 Å². The van der Waals surface area contributed by atoms with Crippen molar-refractivity contribution in [3.63, 3.8) is 0 Å². The van der Waals surface area contributed by atoms with Gasteiger partial charge in [0, 0.05) is 6.54 Å². The summed E-state index contributed by atoms with van der Waals surface area (Å²) >= 11 is 0. The summed E-state index contributed by atoms with van der Waals surface area (Å²) in [6.45, 7) is 7.08. The summed E-state index contributed by atoms with van der Waals surface area (Å²) in [7, 11) is 0. The van der Waals surface area contributed by atoms with Gasteiger partial charge >= 0.3 is 0 Å². The topological polar surface area (TPSA) is 59.8 Å². The van der Waals surface area contributed by atoms with E-state index in [0.29, 0.717) is 29.7 Å². The number of amides is 1. The molecule has 35 heavy (non-hydrogen) atoms. The van der Waals surface area contributed by atoms with Crippen LogP contribution >= 0.6 is 0 Å². The molecule has 1 atom stereocenters. The van der Waals surface area contributed by atoms with Crippen molar-refractivity contribution in [1.82, 2.24) is 4.90 Å². The van der Waals surface area contributed by atoms with Crippen LogP contribution in [0.15, 0.2) is 75.9 Å². The predicted octanol–water partition coefficient (Wildman–Crippen LogP) is 6.33. The standard InChI is InChI=1S/C30H29NO4/c1-4-5-15-34-23-8-6-7-22(17-23)27-26-28(32)24-16-20(3)11-14-25(24)35-29(26)30(33)31(27)18-21-12-9-19(2)10-13-21/h6-14,16-17,27H,4-5,15,18H2,1-3H3. The van der Waals surface area contributed by atoms with Gasteiger partial charge < -0.3 is 14.1 Å². The fourth-order valence-corrected chi connectivity index (χ4v) is 4.64. The van der Waals surface area contributed by atoms with Gasteiger partial charge in [0.15, 0.2) is 5.43 Å². The minimum Gasteiger partial charge on any atom is -0.494 e. The van der Waals surface area contributed by atoms with Crippen LogP contribution in [0.3, 0.4) is 0 Å². The van der Waals surface area contributed by atoms with Gasteiger partial charge in [-0.15, -0.1) is 0 Å². The number of aryl methyl sites for hydroxylation is 2. The number of ether oxygens (including phenoxy) is 1. The minimum atomic E-state index is -0.560. The van der Waals surface area contributed by atoms with Crippen LogP contribution in [0.2, 0.25) is 0 Å². The summed E-state index contributed by atoms with van der Waals surface area (Å²) in [6, 6.07) is 20.7. The van der Waals surface area contributed by atoms with Crippen LogP contribution in [0.5, 0.6) is 5.75 Å². The fourth-order valence-electron chi connectivity index (χ4n) is 4.64. The maximum atomic E-state index is 13.8. The number of rotatable bonds is 7. The maximum absolute atomic E-state index is 13.8. The molecule has 1 amide bonds. The quantitative estimate of drug-likeness (QED) is 0.298. The van der Waals surface area contributed by atoms with Gasteiger partial charge in [-0.2, -0.15) is 0 Å². The zero-order valence-electron chi connectivity index (χ0n) is 20.3. The average Bonchev–Trinajstić information content (AvgIpc) is 3.13. The molecule has 2 heterocycles. The van der Waals surface area contributed by atoms with Crippen LogP contribution in [0.1, 0.15) is 64.2 Å². The smallest absolute Gasteiger partial charge is 0.291 e. The van der Waals surface area contributed by atoms with E-state index in [4.69, 9.17) is 9.15 Å². The number of nitrogens with zero attached hydrogens (tertiary/aromatic N) is 1. The highest BCUT2D eigenvalue weighted by molar-refractivity contribution is 5.99. The van der Waals surface area contributed by atoms with E-state index in [-0.39, 0.29) is 17.1 Å². The first-order chi connectivity index (χ1) is 17.0. The molecule has 5 nitrogen and oxygen atoms in total. The van der Waals surface area contributed by atoms with Crippen LogP contribution < -0.4 is 10.2 Å². The summed E-state index contributed by atoms with van der Waals surface area (Å²) < 4.78 is 12.0. The third-order valence-electron chi connectivity index (χ3n) is 6.54. The van der Waals surface area contributed by atoms with Gasteiger partial charge in [0.25, 0.3) is 5.91 Å². The van der Waals surface area contributed by atoms with E-state index in [2.05, 4.69) is 6.92 Å². The van der Waals surface area contributed by atoms with Crippen LogP contribution in [0.4, 0.5) is 0 Å². The Labute approximate surface area is 205 Å². The lowest BCUT2D eigenvalue weighted by Crippen LogP contribution is -2.29. The molecule has 0 saturated heterocycles. The number of hydrogen-bond acceptors (Lipinski definition) is 4. The van der Waals surface area contributed by atoms with Gasteiger partial charge in [0.2, 0.25) is 5.76 Å². The van der Waals surface area contributed by atoms with Crippen LogP contribution in [0, 0.1) is 13.8 Å². The molecule has 3 aromatic carbocycles. The molecule has 5 rings (SSSR count). The molecule has 1 aliphatic rings. The number of fused-ring (bicyclic) bond motifs is 2. The molecule has 1 aliphatic heterocycles. The molecule has 0 saturated carbocycles. The summed E-state index contributed by atoms with van der Waals surface area (Å²) in [5, 5.41) is 0.495. The Balaban J connectivity index is 1.65. The van der Waals surface area contributed by atoms with Crippen molar-refractivity contribution in [1.29, 1.82) is 0 Å². The second-order valence-electron chi connectivity index (χ2n) is 9.27. The molecular weight excluding hydrogens is 438 g/mol. The van der Waals surface area contributed by atoms with Gasteiger partial charge in [-0.25, -0.2) is 0 Å². The normalized spacial score (nSPS) is 15.0. The predicted molar refractivity (Wildman–Crippen MR) is 137 cm³/mol. The molecule has 0 N–H and O–H groups in total. The Kier molecular flexibility index (Phi) is 6.16. The number of carbonyl (C=O) groups excluding carboxylic acids is 1.